The highest BCUT2D eigenvalue weighted by Gasteiger charge is 2.37. The van der Waals surface area contributed by atoms with Crippen molar-refractivity contribution >= 4 is 34.8 Å². The Hall–Kier alpha value is -1.96. The molecule has 0 bridgehead atoms. The maximum absolute atomic E-state index is 13.8. The van der Waals surface area contributed by atoms with Gasteiger partial charge in [0.2, 0.25) is 0 Å². The zero-order valence-corrected chi connectivity index (χ0v) is 15.8. The molecule has 0 atom stereocenters. The first-order valence-electron chi connectivity index (χ1n) is 8.15. The number of amides is 1. The minimum atomic E-state index is -3.77. The van der Waals surface area contributed by atoms with Gasteiger partial charge in [0.15, 0.2) is 0 Å². The van der Waals surface area contributed by atoms with Crippen LogP contribution in [0.4, 0.5) is 14.5 Å². The van der Waals surface area contributed by atoms with Crippen molar-refractivity contribution in [1.82, 2.24) is 4.98 Å². The molecular formula is C18H16Cl2F2N2O3. The molecule has 0 radical (unpaired) electrons. The molecule has 144 valence electrons. The van der Waals surface area contributed by atoms with Gasteiger partial charge in [-0.15, -0.1) is 8.78 Å². The molecule has 0 unspecified atom stereocenters. The average molecular weight is 417 g/mol. The molecule has 2 aromatic rings. The second-order valence-corrected chi connectivity index (χ2v) is 6.98. The van der Waals surface area contributed by atoms with Gasteiger partial charge in [0.1, 0.15) is 5.75 Å². The Morgan fingerprint density at radius 2 is 1.96 bits per heavy atom. The number of anilines is 1. The van der Waals surface area contributed by atoms with Crippen LogP contribution >= 0.6 is 23.2 Å². The third kappa shape index (κ3) is 5.06. The van der Waals surface area contributed by atoms with Crippen molar-refractivity contribution in [3.05, 3.63) is 52.3 Å². The highest BCUT2D eigenvalue weighted by Crippen LogP contribution is 2.34. The Labute approximate surface area is 164 Å². The second-order valence-electron chi connectivity index (χ2n) is 6.16. The molecule has 3 rings (SSSR count). The summed E-state index contributed by atoms with van der Waals surface area (Å²) in [5.74, 6) is -0.532. The fraction of sp³-hybridized carbons (Fsp3) is 0.333. The van der Waals surface area contributed by atoms with E-state index in [1.807, 2.05) is 0 Å². The average Bonchev–Trinajstić information content (AvgIpc) is 3.43. The standard InChI is InChI=1S/C18H16Cl2F2N2O3/c1-24(16-14(19)8-23-9-15(16)20)17(25)12-3-2-4-13(7-12)27-18(21,22)26-10-11-5-6-11/h2-4,7-9,11H,5-6,10H2,1H3. The molecule has 1 heterocycles. The fourth-order valence-corrected chi connectivity index (χ4v) is 3.00. The lowest BCUT2D eigenvalue weighted by atomic mass is 10.2. The lowest BCUT2D eigenvalue weighted by molar-refractivity contribution is -0.354. The van der Waals surface area contributed by atoms with Gasteiger partial charge in [-0.3, -0.25) is 14.5 Å². The summed E-state index contributed by atoms with van der Waals surface area (Å²) < 4.78 is 36.7. The van der Waals surface area contributed by atoms with Gasteiger partial charge in [-0.25, -0.2) is 0 Å². The molecule has 1 aliphatic rings. The number of ether oxygens (including phenoxy) is 2. The number of rotatable bonds is 7. The molecular weight excluding hydrogens is 401 g/mol. The van der Waals surface area contributed by atoms with Crippen molar-refractivity contribution in [2.24, 2.45) is 5.92 Å². The summed E-state index contributed by atoms with van der Waals surface area (Å²) in [5, 5.41) is 0.372. The number of benzene rings is 1. The summed E-state index contributed by atoms with van der Waals surface area (Å²) in [5.41, 5.74) is 0.389. The number of hydrogen-bond acceptors (Lipinski definition) is 4. The van der Waals surface area contributed by atoms with Gasteiger partial charge in [0.25, 0.3) is 5.91 Å². The number of carbonyl (C=O) groups is 1. The monoisotopic (exact) mass is 416 g/mol. The summed E-state index contributed by atoms with van der Waals surface area (Å²) in [6, 6.07) is 5.43. The molecule has 1 aliphatic carbocycles. The van der Waals surface area contributed by atoms with E-state index in [9.17, 15) is 13.6 Å². The summed E-state index contributed by atoms with van der Waals surface area (Å²) in [7, 11) is 1.47. The minimum absolute atomic E-state index is 0.0621. The first-order chi connectivity index (χ1) is 12.8. The quantitative estimate of drug-likeness (QED) is 0.594. The summed E-state index contributed by atoms with van der Waals surface area (Å²) in [4.78, 5) is 17.7. The van der Waals surface area contributed by atoms with Gasteiger partial charge < -0.3 is 9.64 Å². The van der Waals surface area contributed by atoms with Gasteiger partial charge in [-0.2, -0.15) is 0 Å². The number of halogens is 4. The van der Waals surface area contributed by atoms with Gasteiger partial charge in [0, 0.05) is 25.0 Å². The maximum Gasteiger partial charge on any atom is 0.535 e. The van der Waals surface area contributed by atoms with Crippen molar-refractivity contribution in [1.29, 1.82) is 0 Å². The van der Waals surface area contributed by atoms with E-state index in [2.05, 4.69) is 14.5 Å². The SMILES string of the molecule is CN(C(=O)c1cccc(OC(F)(F)OCC2CC2)c1)c1c(Cl)cncc1Cl. The van der Waals surface area contributed by atoms with Gasteiger partial charge in [-0.05, 0) is 37.0 Å². The summed E-state index contributed by atoms with van der Waals surface area (Å²) in [6.45, 7) is -0.0621. The first-order valence-corrected chi connectivity index (χ1v) is 8.90. The van der Waals surface area contributed by atoms with Gasteiger partial charge in [0.05, 0.1) is 22.3 Å². The van der Waals surface area contributed by atoms with E-state index in [-0.39, 0.29) is 39.6 Å². The highest BCUT2D eigenvalue weighted by atomic mass is 35.5. The van der Waals surface area contributed by atoms with Crippen molar-refractivity contribution in [2.75, 3.05) is 18.6 Å². The second kappa shape index (κ2) is 7.96. The van der Waals surface area contributed by atoms with E-state index in [4.69, 9.17) is 23.2 Å². The van der Waals surface area contributed by atoms with Crippen LogP contribution < -0.4 is 9.64 Å². The number of carbonyl (C=O) groups excluding carboxylic acids is 1. The normalized spacial score (nSPS) is 14.1. The Balaban J connectivity index is 1.75. The first kappa shape index (κ1) is 19.8. The smallest absolute Gasteiger partial charge is 0.409 e. The Kier molecular flexibility index (Phi) is 5.83. The molecule has 1 aromatic carbocycles. The van der Waals surface area contributed by atoms with Crippen molar-refractivity contribution < 1.29 is 23.0 Å². The molecule has 1 aromatic heterocycles. The van der Waals surface area contributed by atoms with Crippen LogP contribution in [0.3, 0.4) is 0 Å². The molecule has 9 heteroatoms. The number of hydrogen-bond donors (Lipinski definition) is 0. The molecule has 0 saturated heterocycles. The summed E-state index contributed by atoms with van der Waals surface area (Å²) >= 11 is 12.1. The maximum atomic E-state index is 13.8. The van der Waals surface area contributed by atoms with Crippen molar-refractivity contribution in [3.63, 3.8) is 0 Å². The molecule has 0 aliphatic heterocycles. The van der Waals surface area contributed by atoms with Gasteiger partial charge >= 0.3 is 6.29 Å². The van der Waals surface area contributed by atoms with Crippen LogP contribution in [0.1, 0.15) is 23.2 Å². The predicted molar refractivity (Wildman–Crippen MR) is 97.7 cm³/mol. The lowest BCUT2D eigenvalue weighted by Gasteiger charge is -2.21. The largest absolute Gasteiger partial charge is 0.535 e. The van der Waals surface area contributed by atoms with E-state index < -0.39 is 12.2 Å². The van der Waals surface area contributed by atoms with Crippen molar-refractivity contribution in [3.8, 4) is 5.75 Å². The number of alkyl halides is 2. The third-order valence-corrected chi connectivity index (χ3v) is 4.52. The van der Waals surface area contributed by atoms with E-state index in [0.717, 1.165) is 12.8 Å². The lowest BCUT2D eigenvalue weighted by Crippen LogP contribution is -2.30. The molecule has 27 heavy (non-hydrogen) atoms. The van der Waals surface area contributed by atoms with Crippen LogP contribution in [0.5, 0.6) is 5.75 Å². The number of pyridine rings is 1. The van der Waals surface area contributed by atoms with Crippen LogP contribution in [0.25, 0.3) is 0 Å². The minimum Gasteiger partial charge on any atom is -0.409 e. The topological polar surface area (TPSA) is 51.7 Å². The molecule has 1 fully saturated rings. The number of nitrogens with zero attached hydrogens (tertiary/aromatic N) is 2. The van der Waals surface area contributed by atoms with Crippen LogP contribution in [0.15, 0.2) is 36.7 Å². The molecule has 1 amide bonds. The molecule has 0 spiro atoms. The molecule has 0 N–H and O–H groups in total. The number of aromatic nitrogens is 1. The summed E-state index contributed by atoms with van der Waals surface area (Å²) in [6.07, 6.45) is 0.695. The Bertz CT molecular complexity index is 827. The van der Waals surface area contributed by atoms with Crippen LogP contribution in [-0.2, 0) is 4.74 Å². The predicted octanol–water partition coefficient (Wildman–Crippen LogP) is 5.02. The molecule has 1 saturated carbocycles. The van der Waals surface area contributed by atoms with Crippen LogP contribution in [-0.4, -0.2) is 30.8 Å². The van der Waals surface area contributed by atoms with Gasteiger partial charge in [-0.1, -0.05) is 29.3 Å². The third-order valence-electron chi connectivity index (χ3n) is 3.97. The zero-order chi connectivity index (χ0) is 19.6. The molecule has 5 nitrogen and oxygen atoms in total. The Morgan fingerprint density at radius 1 is 1.30 bits per heavy atom. The fourth-order valence-electron chi connectivity index (χ4n) is 2.38. The van der Waals surface area contributed by atoms with E-state index in [1.54, 1.807) is 0 Å². The van der Waals surface area contributed by atoms with Crippen LogP contribution in [0.2, 0.25) is 10.0 Å². The highest BCUT2D eigenvalue weighted by molar-refractivity contribution is 6.39. The van der Waals surface area contributed by atoms with E-state index in [1.165, 1.54) is 48.6 Å². The van der Waals surface area contributed by atoms with Crippen LogP contribution in [0, 0.1) is 5.92 Å². The van der Waals surface area contributed by atoms with E-state index >= 15 is 0 Å². The Morgan fingerprint density at radius 3 is 2.59 bits per heavy atom. The van der Waals surface area contributed by atoms with E-state index in [0.29, 0.717) is 0 Å². The zero-order valence-electron chi connectivity index (χ0n) is 14.3. The van der Waals surface area contributed by atoms with Crippen molar-refractivity contribution in [2.45, 2.75) is 19.1 Å².